The number of fused-ring (bicyclic) bond motifs is 1. The fourth-order valence-corrected chi connectivity index (χ4v) is 3.57. The van der Waals surface area contributed by atoms with E-state index in [0.29, 0.717) is 17.1 Å². The molecule has 1 aliphatic heterocycles. The molecule has 2 aromatic rings. The summed E-state index contributed by atoms with van der Waals surface area (Å²) in [6.07, 6.45) is -0.0902. The zero-order chi connectivity index (χ0) is 20.7. The molecule has 0 bridgehead atoms. The van der Waals surface area contributed by atoms with Crippen LogP contribution >= 0.6 is 0 Å². The highest BCUT2D eigenvalue weighted by Crippen LogP contribution is 2.33. The van der Waals surface area contributed by atoms with E-state index < -0.39 is 12.3 Å². The molecule has 1 aliphatic rings. The third-order valence-corrected chi connectivity index (χ3v) is 5.07. The summed E-state index contributed by atoms with van der Waals surface area (Å²) in [6.45, 7) is 5.73. The van der Waals surface area contributed by atoms with E-state index in [1.54, 1.807) is 36.6 Å². The summed E-state index contributed by atoms with van der Waals surface area (Å²) < 4.78 is 9.31. The Bertz CT molecular complexity index is 934. The molecule has 3 heterocycles. The van der Waals surface area contributed by atoms with Gasteiger partial charge in [-0.05, 0) is 20.8 Å². The molecule has 1 amide bonds. The lowest BCUT2D eigenvalue weighted by molar-refractivity contribution is -0.745. The van der Waals surface area contributed by atoms with E-state index in [4.69, 9.17) is 4.74 Å². The van der Waals surface area contributed by atoms with Crippen LogP contribution in [-0.2, 0) is 16.6 Å². The van der Waals surface area contributed by atoms with Crippen molar-refractivity contribution in [2.75, 3.05) is 19.4 Å². The first-order valence-corrected chi connectivity index (χ1v) is 9.40. The number of imidazole rings is 1. The van der Waals surface area contributed by atoms with Crippen LogP contribution in [0, 0.1) is 5.92 Å². The Morgan fingerprint density at radius 3 is 2.79 bits per heavy atom. The van der Waals surface area contributed by atoms with Crippen LogP contribution in [0.1, 0.15) is 33.4 Å². The van der Waals surface area contributed by atoms with Crippen LogP contribution in [0.4, 0.5) is 5.95 Å². The van der Waals surface area contributed by atoms with Crippen LogP contribution in [0.5, 0.6) is 0 Å². The van der Waals surface area contributed by atoms with Gasteiger partial charge >= 0.3 is 5.65 Å². The van der Waals surface area contributed by atoms with Crippen LogP contribution in [0.2, 0.25) is 0 Å². The third-order valence-electron chi connectivity index (χ3n) is 5.07. The molecule has 0 radical (unpaired) electrons. The van der Waals surface area contributed by atoms with Crippen molar-refractivity contribution in [3.63, 3.8) is 0 Å². The fraction of sp³-hybridized carbons (Fsp3) is 0.667. The Morgan fingerprint density at radius 2 is 2.18 bits per heavy atom. The predicted octanol–water partition coefficient (Wildman–Crippen LogP) is -0.258. The number of nitrogens with zero attached hydrogens (tertiary/aromatic N) is 4. The Labute approximate surface area is 163 Å². The highest BCUT2D eigenvalue weighted by molar-refractivity contribution is 5.76. The lowest BCUT2D eigenvalue weighted by atomic mass is 9.94. The van der Waals surface area contributed by atoms with Gasteiger partial charge < -0.3 is 20.1 Å². The summed E-state index contributed by atoms with van der Waals surface area (Å²) in [5.41, 5.74) is 0.505. The van der Waals surface area contributed by atoms with E-state index in [9.17, 15) is 14.7 Å². The second kappa shape index (κ2) is 7.51. The maximum absolute atomic E-state index is 12.5. The Hall–Kier alpha value is -2.46. The monoisotopic (exact) mass is 393 g/mol. The van der Waals surface area contributed by atoms with Gasteiger partial charge in [-0.2, -0.15) is 0 Å². The summed E-state index contributed by atoms with van der Waals surface area (Å²) in [4.78, 5) is 33.4. The summed E-state index contributed by atoms with van der Waals surface area (Å²) in [5, 5.41) is 14.0. The highest BCUT2D eigenvalue weighted by Gasteiger charge is 2.46. The maximum atomic E-state index is 12.5. The Kier molecular flexibility index (Phi) is 5.44. The number of hydrogen-bond acceptors (Lipinski definition) is 6. The minimum atomic E-state index is -0.905. The zero-order valence-corrected chi connectivity index (χ0v) is 17.1. The number of aliphatic hydroxyl groups excluding tert-OH is 1. The minimum absolute atomic E-state index is 0.0685. The number of ether oxygens (including phenoxy) is 1. The van der Waals surface area contributed by atoms with Gasteiger partial charge in [-0.3, -0.25) is 19.1 Å². The Morgan fingerprint density at radius 1 is 1.50 bits per heavy atom. The molecular weight excluding hydrogens is 364 g/mol. The molecule has 0 saturated carbocycles. The molecule has 0 aliphatic carbocycles. The summed E-state index contributed by atoms with van der Waals surface area (Å²) in [6, 6.07) is 0.0903. The van der Waals surface area contributed by atoms with Crippen molar-refractivity contribution in [3.05, 3.63) is 16.7 Å². The molecule has 10 heteroatoms. The van der Waals surface area contributed by atoms with Crippen LogP contribution in [0.3, 0.4) is 0 Å². The smallest absolute Gasteiger partial charge is 0.313 e. The first kappa shape index (κ1) is 20.3. The number of anilines is 1. The number of nitrogens with one attached hydrogen (secondary N) is 2. The molecule has 0 unspecified atom stereocenters. The number of aliphatic hydroxyl groups is 1. The quantitative estimate of drug-likeness (QED) is 0.603. The lowest BCUT2D eigenvalue weighted by Crippen LogP contribution is -2.45. The van der Waals surface area contributed by atoms with E-state index in [0.717, 1.165) is 0 Å². The molecule has 3 N–H and O–H groups in total. The molecule has 2 aromatic heterocycles. The van der Waals surface area contributed by atoms with Crippen LogP contribution in [-0.4, -0.2) is 62.8 Å². The van der Waals surface area contributed by atoms with Crippen molar-refractivity contribution in [2.45, 2.75) is 51.7 Å². The summed E-state index contributed by atoms with van der Waals surface area (Å²) >= 11 is 0. The van der Waals surface area contributed by atoms with Crippen molar-refractivity contribution in [1.82, 2.24) is 19.4 Å². The van der Waals surface area contributed by atoms with E-state index in [1.807, 2.05) is 20.8 Å². The number of rotatable bonds is 5. The minimum Gasteiger partial charge on any atom is -0.386 e. The lowest BCUT2D eigenvalue weighted by Gasteiger charge is -2.19. The van der Waals surface area contributed by atoms with E-state index in [1.165, 1.54) is 4.90 Å². The van der Waals surface area contributed by atoms with Crippen LogP contribution in [0.15, 0.2) is 11.1 Å². The van der Waals surface area contributed by atoms with Gasteiger partial charge in [0.05, 0.1) is 13.2 Å². The molecule has 0 spiro atoms. The summed E-state index contributed by atoms with van der Waals surface area (Å²) in [7, 11) is 5.11. The van der Waals surface area contributed by atoms with E-state index in [-0.39, 0.29) is 36.0 Å². The topological polar surface area (TPSA) is 116 Å². The van der Waals surface area contributed by atoms with Crippen molar-refractivity contribution >= 4 is 23.0 Å². The fourth-order valence-electron chi connectivity index (χ4n) is 3.57. The number of amides is 1. The van der Waals surface area contributed by atoms with Gasteiger partial charge in [-0.1, -0.05) is 4.98 Å². The second-order valence-electron chi connectivity index (χ2n) is 7.90. The van der Waals surface area contributed by atoms with Crippen LogP contribution in [0.25, 0.3) is 11.2 Å². The number of H-pyrrole nitrogens is 1. The number of carbonyl (C=O) groups excluding carboxylic acids is 1. The predicted molar refractivity (Wildman–Crippen MR) is 103 cm³/mol. The first-order valence-electron chi connectivity index (χ1n) is 9.40. The SMILES string of the molecule is CC(C)Nc1nc2c(c(=O)[nH]1)n(C)c[n+]2[C@@H]1O[C@H](C)[C@@H](CC(=O)N(C)C)[C@H]1O. The highest BCUT2D eigenvalue weighted by atomic mass is 16.5. The summed E-state index contributed by atoms with van der Waals surface area (Å²) in [5.74, 6) is -0.0636. The Balaban J connectivity index is 2.00. The third kappa shape index (κ3) is 3.61. The van der Waals surface area contributed by atoms with Gasteiger partial charge in [0.1, 0.15) is 6.10 Å². The van der Waals surface area contributed by atoms with Gasteiger partial charge in [0.25, 0.3) is 11.5 Å². The number of aromatic nitrogens is 4. The number of carbonyl (C=O) groups is 1. The van der Waals surface area contributed by atoms with Crippen molar-refractivity contribution in [1.29, 1.82) is 0 Å². The molecule has 4 atom stereocenters. The maximum Gasteiger partial charge on any atom is 0.313 e. The normalized spacial score (nSPS) is 24.9. The molecule has 154 valence electrons. The largest absolute Gasteiger partial charge is 0.386 e. The first-order chi connectivity index (χ1) is 13.1. The number of aryl methyl sites for hydroxylation is 1. The van der Waals surface area contributed by atoms with Crippen molar-refractivity contribution in [3.8, 4) is 0 Å². The molecule has 10 nitrogen and oxygen atoms in total. The van der Waals surface area contributed by atoms with Crippen molar-refractivity contribution < 1.29 is 19.2 Å². The molecule has 1 fully saturated rings. The van der Waals surface area contributed by atoms with Gasteiger partial charge in [0, 0.05) is 32.5 Å². The standard InChI is InChI=1S/C18H28N6O4/c1-9(2)19-18-20-15-13(16(27)21-18)23(6)8-24(15)17-14(26)11(10(3)28-17)7-12(25)22(4)5/h8-11,14,17,26H,7H2,1-6H3,(H-,19,20,21,27)/p+1/t10-,11-,14-,17-/m1/s1. The van der Waals surface area contributed by atoms with Crippen molar-refractivity contribution in [2.24, 2.45) is 13.0 Å². The second-order valence-corrected chi connectivity index (χ2v) is 7.90. The van der Waals surface area contributed by atoms with Gasteiger partial charge in [-0.15, -0.1) is 0 Å². The van der Waals surface area contributed by atoms with Gasteiger partial charge in [-0.25, -0.2) is 4.57 Å². The van der Waals surface area contributed by atoms with E-state index in [2.05, 4.69) is 15.3 Å². The molecule has 3 rings (SSSR count). The number of aromatic amines is 1. The number of hydrogen-bond donors (Lipinski definition) is 3. The molecule has 28 heavy (non-hydrogen) atoms. The van der Waals surface area contributed by atoms with Gasteiger partial charge in [0.2, 0.25) is 17.7 Å². The average Bonchev–Trinajstić information content (AvgIpc) is 3.05. The molecular formula is C18H29N6O4+. The van der Waals surface area contributed by atoms with Gasteiger partial charge in [0.15, 0.2) is 6.33 Å². The van der Waals surface area contributed by atoms with E-state index >= 15 is 0 Å². The average molecular weight is 393 g/mol. The zero-order valence-electron chi connectivity index (χ0n) is 17.1. The molecule has 1 saturated heterocycles. The van der Waals surface area contributed by atoms with Crippen LogP contribution < -0.4 is 15.4 Å². The molecule has 0 aromatic carbocycles.